The van der Waals surface area contributed by atoms with Crippen LogP contribution in [0.2, 0.25) is 0 Å². The Hall–Kier alpha value is -0.0800. The predicted octanol–water partition coefficient (Wildman–Crippen LogP) is 1.33. The molecule has 0 aromatic rings. The van der Waals surface area contributed by atoms with Gasteiger partial charge in [0.1, 0.15) is 0 Å². The molecular formula is C10H22N2. The van der Waals surface area contributed by atoms with Crippen LogP contribution in [0.25, 0.3) is 0 Å². The van der Waals surface area contributed by atoms with Gasteiger partial charge in [-0.15, -0.1) is 0 Å². The van der Waals surface area contributed by atoms with Crippen molar-refractivity contribution in [3.8, 4) is 0 Å². The maximum Gasteiger partial charge on any atom is 0.00448 e. The molecule has 1 fully saturated rings. The zero-order chi connectivity index (χ0) is 9.03. The highest BCUT2D eigenvalue weighted by Crippen LogP contribution is 2.18. The summed E-state index contributed by atoms with van der Waals surface area (Å²) in [5.74, 6) is 0. The molecule has 0 atom stereocenters. The molecule has 0 amide bonds. The second kappa shape index (κ2) is 4.24. The van der Waals surface area contributed by atoms with Gasteiger partial charge in [0.15, 0.2) is 0 Å². The monoisotopic (exact) mass is 170 g/mol. The fraction of sp³-hybridized carbons (Fsp3) is 1.00. The van der Waals surface area contributed by atoms with Gasteiger partial charge in [0.25, 0.3) is 0 Å². The summed E-state index contributed by atoms with van der Waals surface area (Å²) >= 11 is 0. The van der Waals surface area contributed by atoms with Gasteiger partial charge in [-0.3, -0.25) is 0 Å². The Morgan fingerprint density at radius 2 is 1.83 bits per heavy atom. The van der Waals surface area contributed by atoms with E-state index in [9.17, 15) is 0 Å². The van der Waals surface area contributed by atoms with Crippen LogP contribution in [-0.2, 0) is 0 Å². The summed E-state index contributed by atoms with van der Waals surface area (Å²) in [5, 5.41) is 3.26. The van der Waals surface area contributed by atoms with Crippen molar-refractivity contribution in [3.05, 3.63) is 0 Å². The van der Waals surface area contributed by atoms with E-state index in [1.54, 1.807) is 0 Å². The average molecular weight is 170 g/mol. The van der Waals surface area contributed by atoms with Gasteiger partial charge < -0.3 is 10.2 Å². The zero-order valence-corrected chi connectivity index (χ0v) is 8.69. The minimum absolute atomic E-state index is 0.430. The van der Waals surface area contributed by atoms with Crippen molar-refractivity contribution in [1.82, 2.24) is 10.2 Å². The topological polar surface area (TPSA) is 15.3 Å². The fourth-order valence-electron chi connectivity index (χ4n) is 2.08. The summed E-state index contributed by atoms with van der Waals surface area (Å²) < 4.78 is 0. The Bertz CT molecular complexity index is 126. The van der Waals surface area contributed by atoms with Gasteiger partial charge in [0.05, 0.1) is 0 Å². The standard InChI is InChI=1S/C10H22N2/c1-10(2,8-11-3)9-12-6-4-5-7-12/h11H,4-9H2,1-3H3. The molecule has 0 radical (unpaired) electrons. The lowest BCUT2D eigenvalue weighted by atomic mass is 9.93. The van der Waals surface area contributed by atoms with Crippen LogP contribution in [0.15, 0.2) is 0 Å². The third-order valence-electron chi connectivity index (χ3n) is 2.51. The fourth-order valence-corrected chi connectivity index (χ4v) is 2.08. The second-order valence-electron chi connectivity index (χ2n) is 4.68. The summed E-state index contributed by atoms with van der Waals surface area (Å²) in [5.41, 5.74) is 0.430. The van der Waals surface area contributed by atoms with Gasteiger partial charge >= 0.3 is 0 Å². The molecule has 1 heterocycles. The molecule has 0 bridgehead atoms. The van der Waals surface area contributed by atoms with E-state index in [2.05, 4.69) is 24.1 Å². The van der Waals surface area contributed by atoms with Gasteiger partial charge in [-0.2, -0.15) is 0 Å². The Morgan fingerprint density at radius 3 is 2.33 bits per heavy atom. The van der Waals surface area contributed by atoms with Gasteiger partial charge in [-0.25, -0.2) is 0 Å². The van der Waals surface area contributed by atoms with Crippen molar-refractivity contribution in [2.24, 2.45) is 5.41 Å². The molecule has 72 valence electrons. The summed E-state index contributed by atoms with van der Waals surface area (Å²) in [6.07, 6.45) is 2.80. The van der Waals surface area contributed by atoms with Crippen LogP contribution in [0.3, 0.4) is 0 Å². The van der Waals surface area contributed by atoms with Crippen LogP contribution >= 0.6 is 0 Å². The van der Waals surface area contributed by atoms with E-state index in [-0.39, 0.29) is 0 Å². The number of hydrogen-bond donors (Lipinski definition) is 1. The Kier molecular flexibility index (Phi) is 3.53. The summed E-state index contributed by atoms with van der Waals surface area (Å²) in [6, 6.07) is 0. The van der Waals surface area contributed by atoms with Crippen LogP contribution in [0.1, 0.15) is 26.7 Å². The smallest absolute Gasteiger partial charge is 0.00448 e. The van der Waals surface area contributed by atoms with E-state index in [4.69, 9.17) is 0 Å². The van der Waals surface area contributed by atoms with Crippen LogP contribution in [0.4, 0.5) is 0 Å². The van der Waals surface area contributed by atoms with E-state index in [1.165, 1.54) is 32.5 Å². The van der Waals surface area contributed by atoms with Crippen molar-refractivity contribution < 1.29 is 0 Å². The molecular weight excluding hydrogens is 148 g/mol. The number of nitrogens with one attached hydrogen (secondary N) is 1. The van der Waals surface area contributed by atoms with E-state index in [1.807, 2.05) is 7.05 Å². The van der Waals surface area contributed by atoms with E-state index < -0.39 is 0 Å². The van der Waals surface area contributed by atoms with Gasteiger partial charge in [0.2, 0.25) is 0 Å². The van der Waals surface area contributed by atoms with Crippen LogP contribution < -0.4 is 5.32 Å². The predicted molar refractivity (Wildman–Crippen MR) is 53.4 cm³/mol. The third-order valence-corrected chi connectivity index (χ3v) is 2.51. The summed E-state index contributed by atoms with van der Waals surface area (Å²) in [7, 11) is 2.03. The maximum atomic E-state index is 3.26. The van der Waals surface area contributed by atoms with Crippen LogP contribution in [0.5, 0.6) is 0 Å². The number of nitrogens with zero attached hydrogens (tertiary/aromatic N) is 1. The summed E-state index contributed by atoms with van der Waals surface area (Å²) in [6.45, 7) is 9.65. The molecule has 12 heavy (non-hydrogen) atoms. The van der Waals surface area contributed by atoms with Crippen molar-refractivity contribution in [2.75, 3.05) is 33.2 Å². The first-order valence-corrected chi connectivity index (χ1v) is 5.01. The van der Waals surface area contributed by atoms with E-state index in [0.29, 0.717) is 5.41 Å². The van der Waals surface area contributed by atoms with Crippen molar-refractivity contribution >= 4 is 0 Å². The van der Waals surface area contributed by atoms with Crippen molar-refractivity contribution in [2.45, 2.75) is 26.7 Å². The molecule has 0 aliphatic carbocycles. The Labute approximate surface area is 76.3 Å². The first-order chi connectivity index (χ1) is 5.64. The number of rotatable bonds is 4. The van der Waals surface area contributed by atoms with E-state index >= 15 is 0 Å². The minimum Gasteiger partial charge on any atom is -0.319 e. The van der Waals surface area contributed by atoms with Gasteiger partial charge in [-0.05, 0) is 38.4 Å². The molecule has 1 N–H and O–H groups in total. The molecule has 0 spiro atoms. The lowest BCUT2D eigenvalue weighted by molar-refractivity contribution is 0.207. The quantitative estimate of drug-likeness (QED) is 0.684. The second-order valence-corrected chi connectivity index (χ2v) is 4.68. The molecule has 0 aromatic heterocycles. The largest absolute Gasteiger partial charge is 0.319 e. The molecule has 2 nitrogen and oxygen atoms in total. The number of likely N-dealkylation sites (tertiary alicyclic amines) is 1. The lowest BCUT2D eigenvalue weighted by Crippen LogP contribution is -2.38. The van der Waals surface area contributed by atoms with Crippen molar-refractivity contribution in [1.29, 1.82) is 0 Å². The molecule has 1 saturated heterocycles. The SMILES string of the molecule is CNCC(C)(C)CN1CCCC1. The van der Waals surface area contributed by atoms with Gasteiger partial charge in [0, 0.05) is 13.1 Å². The Balaban J connectivity index is 2.27. The first-order valence-electron chi connectivity index (χ1n) is 5.01. The maximum absolute atomic E-state index is 3.26. The first kappa shape index (κ1) is 10.0. The molecule has 0 aromatic carbocycles. The lowest BCUT2D eigenvalue weighted by Gasteiger charge is -2.29. The minimum atomic E-state index is 0.430. The normalized spacial score (nSPS) is 20.2. The highest BCUT2D eigenvalue weighted by Gasteiger charge is 2.22. The molecule has 1 rings (SSSR count). The van der Waals surface area contributed by atoms with Crippen LogP contribution in [0, 0.1) is 5.41 Å². The zero-order valence-electron chi connectivity index (χ0n) is 8.69. The van der Waals surface area contributed by atoms with Gasteiger partial charge in [-0.1, -0.05) is 13.8 Å². The average Bonchev–Trinajstić information content (AvgIpc) is 2.38. The Morgan fingerprint density at radius 1 is 1.25 bits per heavy atom. The highest BCUT2D eigenvalue weighted by molar-refractivity contribution is 4.78. The molecule has 1 aliphatic heterocycles. The molecule has 0 unspecified atom stereocenters. The number of hydrogen-bond acceptors (Lipinski definition) is 2. The van der Waals surface area contributed by atoms with E-state index in [0.717, 1.165) is 6.54 Å². The summed E-state index contributed by atoms with van der Waals surface area (Å²) in [4.78, 5) is 2.58. The molecule has 2 heteroatoms. The highest BCUT2D eigenvalue weighted by atomic mass is 15.1. The van der Waals surface area contributed by atoms with Crippen LogP contribution in [-0.4, -0.2) is 38.1 Å². The molecule has 0 saturated carbocycles. The third kappa shape index (κ3) is 3.11. The van der Waals surface area contributed by atoms with Crippen molar-refractivity contribution in [3.63, 3.8) is 0 Å². The molecule has 1 aliphatic rings.